The number of carbonyl (C=O) groups is 1. The molecule has 0 spiro atoms. The van der Waals surface area contributed by atoms with Crippen molar-refractivity contribution in [2.45, 2.75) is 32.6 Å². The Bertz CT molecular complexity index is 537. The third kappa shape index (κ3) is 4.57. The fourth-order valence-corrected chi connectivity index (χ4v) is 2.68. The SMILES string of the molecule is CC1CCC(CNC(=O)c2ncccc2C#CCO)CC1. The van der Waals surface area contributed by atoms with E-state index >= 15 is 0 Å². The number of amides is 1. The molecule has 2 rings (SSSR count). The number of aromatic nitrogens is 1. The molecule has 1 fully saturated rings. The summed E-state index contributed by atoms with van der Waals surface area (Å²) in [7, 11) is 0. The first kappa shape index (κ1) is 15.5. The van der Waals surface area contributed by atoms with E-state index in [9.17, 15) is 4.79 Å². The molecule has 1 saturated carbocycles. The van der Waals surface area contributed by atoms with Crippen molar-refractivity contribution in [1.29, 1.82) is 0 Å². The predicted molar refractivity (Wildman–Crippen MR) is 81.7 cm³/mol. The van der Waals surface area contributed by atoms with E-state index in [1.165, 1.54) is 25.7 Å². The molecule has 2 N–H and O–H groups in total. The van der Waals surface area contributed by atoms with Crippen LogP contribution in [-0.2, 0) is 0 Å². The number of carbonyl (C=O) groups excluding carboxylic acids is 1. The van der Waals surface area contributed by atoms with Gasteiger partial charge in [0, 0.05) is 12.7 Å². The highest BCUT2D eigenvalue weighted by Gasteiger charge is 2.19. The summed E-state index contributed by atoms with van der Waals surface area (Å²) in [5, 5.41) is 11.7. The molecule has 0 bridgehead atoms. The lowest BCUT2D eigenvalue weighted by atomic mass is 9.83. The van der Waals surface area contributed by atoms with Gasteiger partial charge in [0.2, 0.25) is 0 Å². The number of nitrogens with zero attached hydrogens (tertiary/aromatic N) is 1. The largest absolute Gasteiger partial charge is 0.384 e. The fraction of sp³-hybridized carbons (Fsp3) is 0.529. The van der Waals surface area contributed by atoms with E-state index < -0.39 is 0 Å². The van der Waals surface area contributed by atoms with Gasteiger partial charge < -0.3 is 10.4 Å². The van der Waals surface area contributed by atoms with E-state index in [1.807, 2.05) is 0 Å². The highest BCUT2D eigenvalue weighted by molar-refractivity contribution is 5.94. The first-order valence-corrected chi connectivity index (χ1v) is 7.53. The highest BCUT2D eigenvalue weighted by atomic mass is 16.2. The van der Waals surface area contributed by atoms with Crippen LogP contribution in [0.4, 0.5) is 0 Å². The molecular formula is C17H22N2O2. The zero-order valence-corrected chi connectivity index (χ0v) is 12.4. The molecular weight excluding hydrogens is 264 g/mol. The number of hydrogen-bond donors (Lipinski definition) is 2. The van der Waals surface area contributed by atoms with E-state index in [2.05, 4.69) is 29.1 Å². The van der Waals surface area contributed by atoms with Crippen molar-refractivity contribution in [2.75, 3.05) is 13.2 Å². The lowest BCUT2D eigenvalue weighted by molar-refractivity contribution is 0.0936. The number of rotatable bonds is 3. The predicted octanol–water partition coefficient (Wildman–Crippen LogP) is 1.98. The summed E-state index contributed by atoms with van der Waals surface area (Å²) in [6, 6.07) is 3.48. The summed E-state index contributed by atoms with van der Waals surface area (Å²) in [4.78, 5) is 16.3. The van der Waals surface area contributed by atoms with Gasteiger partial charge in [-0.2, -0.15) is 0 Å². The maximum Gasteiger partial charge on any atom is 0.271 e. The number of hydrogen-bond acceptors (Lipinski definition) is 3. The standard InChI is InChI=1S/C17H22N2O2/c1-13-6-8-14(9-7-13)12-19-17(21)16-15(5-3-11-20)4-2-10-18-16/h2,4,10,13-14,20H,6-9,11-12H2,1H3,(H,19,21). The summed E-state index contributed by atoms with van der Waals surface area (Å²) in [6.07, 6.45) is 6.44. The van der Waals surface area contributed by atoms with Crippen LogP contribution >= 0.6 is 0 Å². The van der Waals surface area contributed by atoms with Gasteiger partial charge in [0.1, 0.15) is 12.3 Å². The average molecular weight is 286 g/mol. The van der Waals surface area contributed by atoms with Gasteiger partial charge in [-0.15, -0.1) is 0 Å². The Kier molecular flexibility index (Phi) is 5.77. The van der Waals surface area contributed by atoms with E-state index in [4.69, 9.17) is 5.11 Å². The zero-order chi connectivity index (χ0) is 15.1. The Hall–Kier alpha value is -1.86. The first-order valence-electron chi connectivity index (χ1n) is 7.53. The maximum atomic E-state index is 12.2. The third-order valence-corrected chi connectivity index (χ3v) is 4.01. The molecule has 0 aromatic carbocycles. The van der Waals surface area contributed by atoms with Gasteiger partial charge in [0.25, 0.3) is 5.91 Å². The molecule has 4 nitrogen and oxygen atoms in total. The van der Waals surface area contributed by atoms with Crippen LogP contribution in [0.2, 0.25) is 0 Å². The Morgan fingerprint density at radius 2 is 2.19 bits per heavy atom. The zero-order valence-electron chi connectivity index (χ0n) is 12.4. The number of aliphatic hydroxyl groups is 1. The van der Waals surface area contributed by atoms with Crippen LogP contribution in [0.3, 0.4) is 0 Å². The van der Waals surface area contributed by atoms with Crippen LogP contribution in [0.15, 0.2) is 18.3 Å². The minimum atomic E-state index is -0.226. The van der Waals surface area contributed by atoms with Crippen LogP contribution in [0, 0.1) is 23.7 Å². The molecule has 1 aliphatic carbocycles. The molecule has 1 aliphatic rings. The van der Waals surface area contributed by atoms with E-state index in [0.29, 0.717) is 23.7 Å². The molecule has 1 aromatic rings. The summed E-state index contributed by atoms with van der Waals surface area (Å²) in [5.74, 6) is 6.52. The summed E-state index contributed by atoms with van der Waals surface area (Å²) < 4.78 is 0. The Morgan fingerprint density at radius 1 is 1.43 bits per heavy atom. The Balaban J connectivity index is 1.94. The normalized spacial score (nSPS) is 21.2. The van der Waals surface area contributed by atoms with Gasteiger partial charge in [-0.05, 0) is 36.8 Å². The molecule has 112 valence electrons. The Labute approximate surface area is 126 Å². The highest BCUT2D eigenvalue weighted by Crippen LogP contribution is 2.27. The summed E-state index contributed by atoms with van der Waals surface area (Å²) in [5.41, 5.74) is 0.893. The van der Waals surface area contributed by atoms with Crippen LogP contribution in [0.25, 0.3) is 0 Å². The van der Waals surface area contributed by atoms with E-state index in [1.54, 1.807) is 18.3 Å². The van der Waals surface area contributed by atoms with Gasteiger partial charge >= 0.3 is 0 Å². The summed E-state index contributed by atoms with van der Waals surface area (Å²) >= 11 is 0. The number of pyridine rings is 1. The van der Waals surface area contributed by atoms with Crippen molar-refractivity contribution >= 4 is 5.91 Å². The Morgan fingerprint density at radius 3 is 2.90 bits per heavy atom. The van der Waals surface area contributed by atoms with Crippen LogP contribution < -0.4 is 5.32 Å². The molecule has 1 amide bonds. The molecule has 0 radical (unpaired) electrons. The number of aliphatic hydroxyl groups excluding tert-OH is 1. The van der Waals surface area contributed by atoms with Gasteiger partial charge in [-0.25, -0.2) is 4.98 Å². The van der Waals surface area contributed by atoms with E-state index in [-0.39, 0.29) is 12.5 Å². The van der Waals surface area contributed by atoms with Crippen LogP contribution in [0.5, 0.6) is 0 Å². The molecule has 1 heterocycles. The molecule has 0 unspecified atom stereocenters. The molecule has 4 heteroatoms. The minimum absolute atomic E-state index is 0.184. The van der Waals surface area contributed by atoms with Gasteiger partial charge in [0.05, 0.1) is 5.56 Å². The second-order valence-corrected chi connectivity index (χ2v) is 5.70. The van der Waals surface area contributed by atoms with Crippen molar-refractivity contribution in [3.8, 4) is 11.8 Å². The average Bonchev–Trinajstić information content (AvgIpc) is 2.52. The molecule has 1 aromatic heterocycles. The number of nitrogens with one attached hydrogen (secondary N) is 1. The van der Waals surface area contributed by atoms with Crippen molar-refractivity contribution in [3.63, 3.8) is 0 Å². The third-order valence-electron chi connectivity index (χ3n) is 4.01. The topological polar surface area (TPSA) is 62.2 Å². The monoisotopic (exact) mass is 286 g/mol. The van der Waals surface area contributed by atoms with Gasteiger partial charge in [-0.1, -0.05) is 31.6 Å². The lowest BCUT2D eigenvalue weighted by Crippen LogP contribution is -2.32. The quantitative estimate of drug-likeness (QED) is 0.835. The lowest BCUT2D eigenvalue weighted by Gasteiger charge is -2.26. The van der Waals surface area contributed by atoms with Gasteiger partial charge in [-0.3, -0.25) is 4.79 Å². The molecule has 0 atom stereocenters. The molecule has 21 heavy (non-hydrogen) atoms. The second kappa shape index (κ2) is 7.80. The maximum absolute atomic E-state index is 12.2. The van der Waals surface area contributed by atoms with Gasteiger partial charge in [0.15, 0.2) is 0 Å². The second-order valence-electron chi connectivity index (χ2n) is 5.70. The van der Waals surface area contributed by atoms with E-state index in [0.717, 1.165) is 5.92 Å². The smallest absolute Gasteiger partial charge is 0.271 e. The van der Waals surface area contributed by atoms with Crippen molar-refractivity contribution < 1.29 is 9.90 Å². The first-order chi connectivity index (χ1) is 10.2. The molecule has 0 aliphatic heterocycles. The van der Waals surface area contributed by atoms with Crippen LogP contribution in [-0.4, -0.2) is 29.1 Å². The van der Waals surface area contributed by atoms with Crippen LogP contribution in [0.1, 0.15) is 48.7 Å². The fourth-order valence-electron chi connectivity index (χ4n) is 2.68. The molecule has 0 saturated heterocycles. The van der Waals surface area contributed by atoms with Crippen molar-refractivity contribution in [3.05, 3.63) is 29.6 Å². The summed E-state index contributed by atoms with van der Waals surface area (Å²) in [6.45, 7) is 2.76. The van der Waals surface area contributed by atoms with Crippen molar-refractivity contribution in [2.24, 2.45) is 11.8 Å². The minimum Gasteiger partial charge on any atom is -0.384 e. The van der Waals surface area contributed by atoms with Crippen molar-refractivity contribution in [1.82, 2.24) is 10.3 Å².